The fraction of sp³-hybridized carbons (Fsp3) is 0.150. The highest BCUT2D eigenvalue weighted by molar-refractivity contribution is 5.78. The molecular weight excluding hydrogens is 365 g/mol. The van der Waals surface area contributed by atoms with Crippen LogP contribution in [0.3, 0.4) is 0 Å². The number of nitrogens with one attached hydrogen (secondary N) is 1. The molecule has 3 rings (SSSR count). The van der Waals surface area contributed by atoms with Crippen molar-refractivity contribution in [3.63, 3.8) is 0 Å². The normalized spacial score (nSPS) is 10.3. The van der Waals surface area contributed by atoms with Gasteiger partial charge in [0.15, 0.2) is 13.2 Å². The lowest BCUT2D eigenvalue weighted by Crippen LogP contribution is -2.28. The number of hydrogen-bond acceptors (Lipinski definition) is 6. The molecule has 0 unspecified atom stereocenters. The first-order valence-corrected chi connectivity index (χ1v) is 8.46. The van der Waals surface area contributed by atoms with Gasteiger partial charge in [-0.25, -0.2) is 4.39 Å². The Labute approximate surface area is 160 Å². The minimum absolute atomic E-state index is 0.0333. The highest BCUT2D eigenvalue weighted by Gasteiger charge is 2.14. The Morgan fingerprint density at radius 1 is 1.18 bits per heavy atom. The molecule has 0 spiro atoms. The van der Waals surface area contributed by atoms with Gasteiger partial charge in [-0.05, 0) is 36.4 Å². The van der Waals surface area contributed by atoms with Crippen LogP contribution in [0.5, 0.6) is 11.5 Å². The lowest BCUT2D eigenvalue weighted by molar-refractivity contribution is -0.122. The zero-order valence-electron chi connectivity index (χ0n) is 14.9. The third kappa shape index (κ3) is 5.16. The summed E-state index contributed by atoms with van der Waals surface area (Å²) in [6, 6.07) is 12.7. The molecule has 1 heterocycles. The lowest BCUT2D eigenvalue weighted by atomic mass is 10.2. The van der Waals surface area contributed by atoms with Crippen molar-refractivity contribution in [1.82, 2.24) is 15.5 Å². The molecule has 8 heteroatoms. The predicted octanol–water partition coefficient (Wildman–Crippen LogP) is 3.14. The Hall–Kier alpha value is -3.68. The standard InChI is InChI=1S/C20H18FN3O4/c1-2-11-22-18(25)12-27-17-6-4-3-5-16(17)20-23-19(28-24-20)13-26-15-9-7-14(21)8-10-15/h2-10H,1,11-13H2,(H,22,25). The van der Waals surface area contributed by atoms with E-state index in [1.807, 2.05) is 0 Å². The molecule has 144 valence electrons. The first-order chi connectivity index (χ1) is 13.7. The molecule has 0 bridgehead atoms. The maximum absolute atomic E-state index is 12.9. The van der Waals surface area contributed by atoms with Gasteiger partial charge in [0.1, 0.15) is 17.3 Å². The number of benzene rings is 2. The number of carbonyl (C=O) groups excluding carboxylic acids is 1. The van der Waals surface area contributed by atoms with E-state index in [0.29, 0.717) is 29.4 Å². The summed E-state index contributed by atoms with van der Waals surface area (Å²) in [5, 5.41) is 6.56. The van der Waals surface area contributed by atoms with Crippen LogP contribution in [0.1, 0.15) is 5.89 Å². The summed E-state index contributed by atoms with van der Waals surface area (Å²) >= 11 is 0. The van der Waals surface area contributed by atoms with Crippen molar-refractivity contribution in [2.45, 2.75) is 6.61 Å². The van der Waals surface area contributed by atoms with Crippen LogP contribution < -0.4 is 14.8 Å². The maximum Gasteiger partial charge on any atom is 0.264 e. The Morgan fingerprint density at radius 3 is 2.75 bits per heavy atom. The Kier molecular flexibility index (Phi) is 6.35. The van der Waals surface area contributed by atoms with Crippen molar-refractivity contribution < 1.29 is 23.2 Å². The molecule has 1 amide bonds. The Bertz CT molecular complexity index is 941. The number of amides is 1. The third-order valence-corrected chi connectivity index (χ3v) is 3.57. The number of hydrogen-bond donors (Lipinski definition) is 1. The summed E-state index contributed by atoms with van der Waals surface area (Å²) in [5.74, 6) is 0.870. The molecule has 0 saturated carbocycles. The maximum atomic E-state index is 12.9. The quantitative estimate of drug-likeness (QED) is 0.572. The molecule has 0 atom stereocenters. The lowest BCUT2D eigenvalue weighted by Gasteiger charge is -2.09. The second kappa shape index (κ2) is 9.31. The van der Waals surface area contributed by atoms with E-state index in [-0.39, 0.29) is 30.8 Å². The molecule has 0 fully saturated rings. The zero-order chi connectivity index (χ0) is 19.8. The van der Waals surface area contributed by atoms with Crippen molar-refractivity contribution in [3.05, 3.63) is 72.9 Å². The van der Waals surface area contributed by atoms with Crippen LogP contribution >= 0.6 is 0 Å². The monoisotopic (exact) mass is 383 g/mol. The van der Waals surface area contributed by atoms with Gasteiger partial charge in [-0.2, -0.15) is 4.98 Å². The molecule has 2 aromatic carbocycles. The summed E-state index contributed by atoms with van der Waals surface area (Å²) in [6.07, 6.45) is 1.58. The fourth-order valence-electron chi connectivity index (χ4n) is 2.26. The van der Waals surface area contributed by atoms with Gasteiger partial charge in [0, 0.05) is 6.54 Å². The number of ether oxygens (including phenoxy) is 2. The number of carbonyl (C=O) groups is 1. The van der Waals surface area contributed by atoms with Gasteiger partial charge >= 0.3 is 0 Å². The number of para-hydroxylation sites is 1. The van der Waals surface area contributed by atoms with Gasteiger partial charge in [0.05, 0.1) is 5.56 Å². The van der Waals surface area contributed by atoms with E-state index in [2.05, 4.69) is 22.0 Å². The molecule has 3 aromatic rings. The minimum Gasteiger partial charge on any atom is -0.484 e. The average molecular weight is 383 g/mol. The third-order valence-electron chi connectivity index (χ3n) is 3.57. The first kappa shape index (κ1) is 19.1. The Balaban J connectivity index is 1.64. The van der Waals surface area contributed by atoms with E-state index in [9.17, 15) is 9.18 Å². The number of nitrogens with zero attached hydrogens (tertiary/aromatic N) is 2. The summed E-state index contributed by atoms with van der Waals surface area (Å²) < 4.78 is 29.2. The van der Waals surface area contributed by atoms with Crippen LogP contribution in [0.15, 0.2) is 65.7 Å². The smallest absolute Gasteiger partial charge is 0.264 e. The van der Waals surface area contributed by atoms with Crippen molar-refractivity contribution in [1.29, 1.82) is 0 Å². The van der Waals surface area contributed by atoms with E-state index in [1.165, 1.54) is 24.3 Å². The SMILES string of the molecule is C=CCNC(=O)COc1ccccc1-c1noc(COc2ccc(F)cc2)n1. The number of aromatic nitrogens is 2. The number of rotatable bonds is 9. The van der Waals surface area contributed by atoms with E-state index < -0.39 is 0 Å². The average Bonchev–Trinajstić information content (AvgIpc) is 3.19. The second-order valence-corrected chi connectivity index (χ2v) is 5.63. The van der Waals surface area contributed by atoms with Crippen LogP contribution in [0, 0.1) is 5.82 Å². The molecule has 28 heavy (non-hydrogen) atoms. The van der Waals surface area contributed by atoms with Crippen molar-refractivity contribution in [2.75, 3.05) is 13.2 Å². The van der Waals surface area contributed by atoms with Crippen LogP contribution in [0.2, 0.25) is 0 Å². The van der Waals surface area contributed by atoms with Crippen LogP contribution in [-0.4, -0.2) is 29.2 Å². The summed E-state index contributed by atoms with van der Waals surface area (Å²) in [6.45, 7) is 3.79. The largest absolute Gasteiger partial charge is 0.484 e. The molecule has 0 aliphatic carbocycles. The second-order valence-electron chi connectivity index (χ2n) is 5.63. The number of halogens is 1. The van der Waals surface area contributed by atoms with Gasteiger partial charge in [-0.1, -0.05) is 23.4 Å². The minimum atomic E-state index is -0.345. The van der Waals surface area contributed by atoms with E-state index >= 15 is 0 Å². The molecule has 1 aromatic heterocycles. The highest BCUT2D eigenvalue weighted by atomic mass is 19.1. The predicted molar refractivity (Wildman–Crippen MR) is 99.2 cm³/mol. The summed E-state index contributed by atoms with van der Waals surface area (Å²) in [4.78, 5) is 16.0. The van der Waals surface area contributed by atoms with Crippen molar-refractivity contribution >= 4 is 5.91 Å². The van der Waals surface area contributed by atoms with Gasteiger partial charge in [-0.3, -0.25) is 4.79 Å². The van der Waals surface area contributed by atoms with Crippen molar-refractivity contribution in [3.8, 4) is 22.9 Å². The topological polar surface area (TPSA) is 86.5 Å². The Morgan fingerprint density at radius 2 is 1.96 bits per heavy atom. The van der Waals surface area contributed by atoms with Gasteiger partial charge in [0.2, 0.25) is 5.82 Å². The van der Waals surface area contributed by atoms with E-state index in [0.717, 1.165) is 0 Å². The van der Waals surface area contributed by atoms with Gasteiger partial charge in [0.25, 0.3) is 11.8 Å². The first-order valence-electron chi connectivity index (χ1n) is 8.46. The van der Waals surface area contributed by atoms with E-state index in [4.69, 9.17) is 14.0 Å². The molecule has 0 saturated heterocycles. The zero-order valence-corrected chi connectivity index (χ0v) is 14.9. The molecular formula is C20H18FN3O4. The fourth-order valence-corrected chi connectivity index (χ4v) is 2.26. The highest BCUT2D eigenvalue weighted by Crippen LogP contribution is 2.27. The summed E-state index contributed by atoms with van der Waals surface area (Å²) in [7, 11) is 0. The molecule has 0 aliphatic heterocycles. The molecule has 0 radical (unpaired) electrons. The molecule has 1 N–H and O–H groups in total. The van der Waals surface area contributed by atoms with E-state index in [1.54, 1.807) is 30.3 Å². The van der Waals surface area contributed by atoms with Gasteiger partial charge in [-0.15, -0.1) is 6.58 Å². The van der Waals surface area contributed by atoms with Crippen LogP contribution in [0.25, 0.3) is 11.4 Å². The molecule has 7 nitrogen and oxygen atoms in total. The van der Waals surface area contributed by atoms with Gasteiger partial charge < -0.3 is 19.3 Å². The van der Waals surface area contributed by atoms with Crippen LogP contribution in [0.4, 0.5) is 4.39 Å². The van der Waals surface area contributed by atoms with Crippen LogP contribution in [-0.2, 0) is 11.4 Å². The van der Waals surface area contributed by atoms with Crippen molar-refractivity contribution in [2.24, 2.45) is 0 Å². The molecule has 0 aliphatic rings. The summed E-state index contributed by atoms with van der Waals surface area (Å²) in [5.41, 5.74) is 0.579.